The number of rotatable bonds is 16. The van der Waals surface area contributed by atoms with Gasteiger partial charge in [0.05, 0.1) is 40.5 Å². The van der Waals surface area contributed by atoms with Gasteiger partial charge in [0.2, 0.25) is 15.9 Å². The molecule has 47 heavy (non-hydrogen) atoms. The first-order valence-corrected chi connectivity index (χ1v) is 17.8. The molecule has 256 valence electrons. The van der Waals surface area contributed by atoms with Gasteiger partial charge in [-0.15, -0.1) is 11.3 Å². The van der Waals surface area contributed by atoms with Crippen LogP contribution in [0.25, 0.3) is 0 Å². The molecule has 0 aliphatic carbocycles. The Hall–Kier alpha value is -3.85. The summed E-state index contributed by atoms with van der Waals surface area (Å²) in [6.07, 6.45) is 0.114. The van der Waals surface area contributed by atoms with Crippen molar-refractivity contribution >= 4 is 39.5 Å². The van der Waals surface area contributed by atoms with Gasteiger partial charge in [0.25, 0.3) is 0 Å². The number of oxime groups is 1. The number of sulfonamides is 1. The molecule has 1 aromatic heterocycles. The summed E-state index contributed by atoms with van der Waals surface area (Å²) in [6, 6.07) is 12.9. The van der Waals surface area contributed by atoms with Crippen molar-refractivity contribution in [2.24, 2.45) is 17.0 Å². The van der Waals surface area contributed by atoms with Crippen molar-refractivity contribution in [3.05, 3.63) is 81.8 Å². The molecule has 14 heteroatoms. The molecule has 3 aromatic rings. The highest BCUT2D eigenvalue weighted by molar-refractivity contribution is 7.89. The fraction of sp³-hybridized carbons (Fsp3) is 0.455. The number of amides is 3. The molecule has 4 N–H and O–H groups in total. The maximum atomic E-state index is 13.8. The normalized spacial score (nSPS) is 14.0. The molecule has 0 saturated carbocycles. The molecule has 0 fully saturated rings. The van der Waals surface area contributed by atoms with Crippen LogP contribution in [0.15, 0.2) is 70.0 Å². The van der Waals surface area contributed by atoms with Crippen molar-refractivity contribution in [2.75, 3.05) is 20.1 Å². The third-order valence-electron chi connectivity index (χ3n) is 7.42. The van der Waals surface area contributed by atoms with Crippen molar-refractivity contribution in [3.63, 3.8) is 0 Å². The Kier molecular flexibility index (Phi) is 13.9. The fourth-order valence-electron chi connectivity index (χ4n) is 4.95. The van der Waals surface area contributed by atoms with Gasteiger partial charge in [0.1, 0.15) is 6.04 Å². The van der Waals surface area contributed by atoms with E-state index in [1.54, 1.807) is 7.05 Å². The first-order chi connectivity index (χ1) is 22.2. The quantitative estimate of drug-likeness (QED) is 0.101. The van der Waals surface area contributed by atoms with E-state index in [-0.39, 0.29) is 42.8 Å². The molecule has 2 aromatic carbocycles. The maximum Gasteiger partial charge on any atom is 0.318 e. The van der Waals surface area contributed by atoms with E-state index in [0.29, 0.717) is 5.56 Å². The molecule has 0 saturated heterocycles. The second-order valence-electron chi connectivity index (χ2n) is 12.3. The van der Waals surface area contributed by atoms with Crippen molar-refractivity contribution in [3.8, 4) is 0 Å². The van der Waals surface area contributed by atoms with Crippen molar-refractivity contribution in [1.29, 1.82) is 0 Å². The Morgan fingerprint density at radius 2 is 1.68 bits per heavy atom. The fourth-order valence-corrected chi connectivity index (χ4v) is 7.18. The van der Waals surface area contributed by atoms with E-state index in [4.69, 9.17) is 5.21 Å². The number of nitrogens with zero attached hydrogens (tertiary/aromatic N) is 4. The van der Waals surface area contributed by atoms with Gasteiger partial charge >= 0.3 is 6.03 Å². The third-order valence-corrected chi connectivity index (χ3v) is 10.1. The number of benzene rings is 2. The lowest BCUT2D eigenvalue weighted by molar-refractivity contribution is -0.125. The Labute approximate surface area is 281 Å². The average Bonchev–Trinajstić information content (AvgIpc) is 3.43. The molecule has 0 aliphatic rings. The topological polar surface area (TPSA) is 165 Å². The lowest BCUT2D eigenvalue weighted by atomic mass is 9.98. The molecule has 0 aliphatic heterocycles. The van der Waals surface area contributed by atoms with E-state index in [9.17, 15) is 23.1 Å². The molecular formula is C33H46N6O6S2. The second kappa shape index (κ2) is 17.3. The molecule has 0 unspecified atom stereocenters. The molecule has 0 spiro atoms. The number of carbonyl (C=O) groups is 2. The molecule has 12 nitrogen and oxygen atoms in total. The van der Waals surface area contributed by atoms with Gasteiger partial charge in [-0.05, 0) is 48.4 Å². The molecule has 3 amide bonds. The number of aryl methyl sites for hydroxylation is 1. The van der Waals surface area contributed by atoms with Gasteiger partial charge in [-0.25, -0.2) is 18.2 Å². The van der Waals surface area contributed by atoms with E-state index >= 15 is 0 Å². The number of hydrogen-bond acceptors (Lipinski definition) is 9. The zero-order valence-corrected chi connectivity index (χ0v) is 29.3. The van der Waals surface area contributed by atoms with E-state index in [1.807, 2.05) is 70.3 Å². The van der Waals surface area contributed by atoms with E-state index in [2.05, 4.69) is 20.8 Å². The van der Waals surface area contributed by atoms with Crippen LogP contribution in [0.1, 0.15) is 49.5 Å². The van der Waals surface area contributed by atoms with Crippen molar-refractivity contribution in [1.82, 2.24) is 24.8 Å². The monoisotopic (exact) mass is 686 g/mol. The third kappa shape index (κ3) is 11.1. The van der Waals surface area contributed by atoms with Crippen LogP contribution in [-0.2, 0) is 27.8 Å². The molecule has 0 radical (unpaired) electrons. The molecule has 1 heterocycles. The number of urea groups is 1. The van der Waals surface area contributed by atoms with Crippen LogP contribution < -0.4 is 10.6 Å². The van der Waals surface area contributed by atoms with E-state index in [0.717, 1.165) is 16.3 Å². The summed E-state index contributed by atoms with van der Waals surface area (Å²) in [4.78, 5) is 32.7. The van der Waals surface area contributed by atoms with Crippen LogP contribution in [0.5, 0.6) is 0 Å². The summed E-state index contributed by atoms with van der Waals surface area (Å²) < 4.78 is 28.8. The molecule has 3 atom stereocenters. The summed E-state index contributed by atoms with van der Waals surface area (Å²) in [5.74, 6) is -0.851. The van der Waals surface area contributed by atoms with Gasteiger partial charge in [0, 0.05) is 25.5 Å². The predicted molar refractivity (Wildman–Crippen MR) is 183 cm³/mol. The van der Waals surface area contributed by atoms with E-state index in [1.165, 1.54) is 51.0 Å². The standard InChI is InChI=1S/C33H46N6O6S2/c1-22(2)18-39(47(44,45)28-14-12-26(13-15-28)17-34-43)20-30(40)29(16-25-10-8-7-9-11-25)36-32(41)31(23(3)4)37-33(42)38(6)19-27-21-46-24(5)35-27/h7-15,17,21-23,29-31,40,43H,16,18-20H2,1-6H3,(H,36,41)(H,37,42)/t29-,30-,31-/m0/s1. The Balaban J connectivity index is 1.84. The van der Waals surface area contributed by atoms with Crippen LogP contribution in [0.4, 0.5) is 4.79 Å². The summed E-state index contributed by atoms with van der Waals surface area (Å²) >= 11 is 1.49. The van der Waals surface area contributed by atoms with E-state index < -0.39 is 40.1 Å². The largest absolute Gasteiger partial charge is 0.411 e. The minimum Gasteiger partial charge on any atom is -0.411 e. The number of aliphatic hydroxyl groups excluding tert-OH is 1. The minimum atomic E-state index is -4.05. The van der Waals surface area contributed by atoms with Gasteiger partial charge in [-0.2, -0.15) is 4.31 Å². The second-order valence-corrected chi connectivity index (χ2v) is 15.3. The molecule has 0 bridgehead atoms. The lowest BCUT2D eigenvalue weighted by Crippen LogP contribution is -2.58. The molecular weight excluding hydrogens is 641 g/mol. The smallest absolute Gasteiger partial charge is 0.318 e. The Morgan fingerprint density at radius 3 is 2.23 bits per heavy atom. The SMILES string of the molecule is Cc1nc(CN(C)C(=O)N[C@H](C(=O)N[C@@H](Cc2ccccc2)[C@@H](O)CN(CC(C)C)S(=O)(=O)c2ccc(C=NO)cc2)C(C)C)cs1. The van der Waals surface area contributed by atoms with Crippen LogP contribution in [0.3, 0.4) is 0 Å². The minimum absolute atomic E-state index is 0.0172. The van der Waals surface area contributed by atoms with Crippen LogP contribution in [0, 0.1) is 18.8 Å². The Bertz CT molecular complexity index is 1580. The zero-order chi connectivity index (χ0) is 34.7. The van der Waals surface area contributed by atoms with Gasteiger partial charge in [-0.3, -0.25) is 4.79 Å². The highest BCUT2D eigenvalue weighted by Gasteiger charge is 2.34. The summed E-state index contributed by atoms with van der Waals surface area (Å²) in [5, 5.41) is 31.9. The van der Waals surface area contributed by atoms with Crippen LogP contribution in [0.2, 0.25) is 0 Å². The number of carbonyl (C=O) groups excluding carboxylic acids is 2. The highest BCUT2D eigenvalue weighted by Crippen LogP contribution is 2.20. The van der Waals surface area contributed by atoms with Gasteiger partial charge in [0.15, 0.2) is 0 Å². The average molecular weight is 687 g/mol. The van der Waals surface area contributed by atoms with Crippen molar-refractivity contribution in [2.45, 2.75) is 70.7 Å². The zero-order valence-electron chi connectivity index (χ0n) is 27.7. The highest BCUT2D eigenvalue weighted by atomic mass is 32.2. The number of hydrogen-bond donors (Lipinski definition) is 4. The number of thiazole rings is 1. The summed E-state index contributed by atoms with van der Waals surface area (Å²) in [6.45, 7) is 9.38. The predicted octanol–water partition coefficient (Wildman–Crippen LogP) is 3.86. The van der Waals surface area contributed by atoms with Crippen LogP contribution in [-0.4, -0.2) is 89.4 Å². The van der Waals surface area contributed by atoms with Gasteiger partial charge in [-0.1, -0.05) is 75.3 Å². The first kappa shape index (κ1) is 37.6. The number of aromatic nitrogens is 1. The summed E-state index contributed by atoms with van der Waals surface area (Å²) in [7, 11) is -2.43. The summed E-state index contributed by atoms with van der Waals surface area (Å²) in [5.41, 5.74) is 2.10. The van der Waals surface area contributed by atoms with Gasteiger partial charge < -0.3 is 25.8 Å². The number of nitrogens with one attached hydrogen (secondary N) is 2. The van der Waals surface area contributed by atoms with Crippen LogP contribution >= 0.6 is 11.3 Å². The Morgan fingerprint density at radius 1 is 1.02 bits per heavy atom. The lowest BCUT2D eigenvalue weighted by Gasteiger charge is -2.32. The number of aliphatic hydroxyl groups is 1. The first-order valence-electron chi connectivity index (χ1n) is 15.4. The molecule has 3 rings (SSSR count). The van der Waals surface area contributed by atoms with Crippen molar-refractivity contribution < 1.29 is 28.3 Å². The maximum absolute atomic E-state index is 13.8.